The third-order valence-electron chi connectivity index (χ3n) is 18.2. The van der Waals surface area contributed by atoms with Crippen LogP contribution in [0.4, 0.5) is 0 Å². The van der Waals surface area contributed by atoms with Crippen molar-refractivity contribution >= 4 is 107 Å². The molecule has 0 fully saturated rings. The van der Waals surface area contributed by atoms with Crippen LogP contribution in [-0.2, 0) is 96.0 Å². The normalized spacial score (nSPS) is 14.8. The number of benzene rings is 3. The molecule has 0 heterocycles. The Bertz CT molecular complexity index is 3970. The van der Waals surface area contributed by atoms with Crippen molar-refractivity contribution in [3.63, 3.8) is 0 Å². The van der Waals surface area contributed by atoms with E-state index in [9.17, 15) is 118 Å². The van der Waals surface area contributed by atoms with E-state index < -0.39 is 242 Å². The SMILES string of the molecule is CC[C@H](C)[C@H](NC(=O)[C@H](CC(=O)O)NC(=O)[C@H](CCCNC(=N)N)NC(=O)[C@@H](NC(C)=O)[C@@H](C)O)C(=O)N[C@@H](Cc1ccc(O)cc1)C(=O)N[C@@H](CCC(=O)O)C(=O)N[C@H](C(=O)N[C@@H](CC(=O)O)C(=O)N[C@@H](Cc1ccc(O)cc1)C(=O)N[C@@H](Cc1ccc(O)cc1)C(=O)N[C@@H](CCCNC(=N)N)C(=O)N[C@@H](CCCCN)C(N)=O)[C@@H](C)O. The predicted octanol–water partition coefficient (Wildman–Crippen LogP) is -6.57. The molecule has 13 amide bonds. The molecule has 0 aliphatic heterocycles. The highest BCUT2D eigenvalue weighted by Gasteiger charge is 2.40. The lowest BCUT2D eigenvalue weighted by atomic mass is 9.96. The first-order chi connectivity index (χ1) is 55.5. The Balaban J connectivity index is 2.08. The van der Waals surface area contributed by atoms with Gasteiger partial charge in [0.25, 0.3) is 0 Å². The van der Waals surface area contributed by atoms with Crippen LogP contribution in [0.3, 0.4) is 0 Å². The minimum absolute atomic E-state index is 0.00591. The number of aliphatic carboxylic acids is 3. The number of phenolic OH excluding ortho intramolecular Hbond substituents is 3. The van der Waals surface area contributed by atoms with Crippen molar-refractivity contribution in [3.8, 4) is 17.2 Å². The van der Waals surface area contributed by atoms with Gasteiger partial charge in [0.15, 0.2) is 11.9 Å². The summed E-state index contributed by atoms with van der Waals surface area (Å²) in [5.41, 5.74) is 22.8. The lowest BCUT2D eigenvalue weighted by Crippen LogP contribution is -2.63. The number of aliphatic hydroxyl groups excluding tert-OH is 2. The number of carboxylic acid groups (broad SMARTS) is 3. The number of phenols is 3. The summed E-state index contributed by atoms with van der Waals surface area (Å²) in [4.78, 5) is 220. The molecule has 0 aromatic heterocycles. The smallest absolute Gasteiger partial charge is 0.305 e. The summed E-state index contributed by atoms with van der Waals surface area (Å²) in [6.45, 7) is 6.42. The van der Waals surface area contributed by atoms with Crippen molar-refractivity contribution in [3.05, 3.63) is 89.5 Å². The minimum Gasteiger partial charge on any atom is -0.508 e. The highest BCUT2D eigenvalue weighted by Crippen LogP contribution is 2.19. The Morgan fingerprint density at radius 1 is 0.364 bits per heavy atom. The topological polar surface area (TPSA) is 755 Å². The van der Waals surface area contributed by atoms with E-state index in [0.29, 0.717) is 18.4 Å². The second-order valence-electron chi connectivity index (χ2n) is 28.0. The van der Waals surface area contributed by atoms with E-state index in [0.717, 1.165) is 20.8 Å². The van der Waals surface area contributed by atoms with Crippen molar-refractivity contribution in [2.45, 2.75) is 216 Å². The number of rotatable bonds is 53. The fraction of sp³-hybridized carbons (Fsp3) is 0.514. The zero-order chi connectivity index (χ0) is 88.6. The van der Waals surface area contributed by atoms with Gasteiger partial charge in [0.2, 0.25) is 76.8 Å². The third kappa shape index (κ3) is 36.6. The number of hydrogen-bond acceptors (Lipinski definition) is 24. The van der Waals surface area contributed by atoms with Gasteiger partial charge in [0, 0.05) is 45.7 Å². The average Bonchev–Trinajstić information content (AvgIpc) is 0.842. The van der Waals surface area contributed by atoms with Crippen LogP contribution < -0.4 is 97.4 Å². The van der Waals surface area contributed by atoms with Crippen molar-refractivity contribution in [1.29, 1.82) is 10.8 Å². The molecule has 0 aliphatic carbocycles. The number of amides is 13. The van der Waals surface area contributed by atoms with Crippen LogP contribution in [-0.4, -0.2) is 252 Å². The Hall–Kier alpha value is -13.0. The monoisotopic (exact) mass is 1660 g/mol. The number of unbranched alkanes of at least 4 members (excludes halogenated alkanes) is 1. The number of primary amides is 1. The van der Waals surface area contributed by atoms with Crippen LogP contribution in [0.2, 0.25) is 0 Å². The van der Waals surface area contributed by atoms with Gasteiger partial charge in [-0.05, 0) is 131 Å². The number of carboxylic acids is 3. The van der Waals surface area contributed by atoms with Gasteiger partial charge in [0.05, 0.1) is 25.0 Å². The zero-order valence-corrected chi connectivity index (χ0v) is 65.7. The second kappa shape index (κ2) is 50.4. The van der Waals surface area contributed by atoms with Crippen LogP contribution in [0.5, 0.6) is 17.2 Å². The van der Waals surface area contributed by atoms with Crippen LogP contribution in [0.1, 0.15) is 128 Å². The highest BCUT2D eigenvalue weighted by molar-refractivity contribution is 6.01. The van der Waals surface area contributed by atoms with E-state index in [4.69, 9.17) is 33.8 Å². The number of nitrogens with one attached hydrogen (secondary N) is 16. The molecule has 0 bridgehead atoms. The predicted molar refractivity (Wildman–Crippen MR) is 419 cm³/mol. The van der Waals surface area contributed by atoms with Gasteiger partial charge in [-0.2, -0.15) is 0 Å². The molecule has 32 N–H and O–H groups in total. The summed E-state index contributed by atoms with van der Waals surface area (Å²) < 4.78 is 0. The first-order valence-electron chi connectivity index (χ1n) is 37.6. The maximum absolute atomic E-state index is 14.9. The molecule has 3 aromatic carbocycles. The van der Waals surface area contributed by atoms with Crippen LogP contribution >= 0.6 is 0 Å². The molecule has 0 radical (unpaired) electrons. The van der Waals surface area contributed by atoms with Crippen molar-refractivity contribution in [2.24, 2.45) is 28.9 Å². The minimum atomic E-state index is -2.24. The molecule has 44 heteroatoms. The summed E-state index contributed by atoms with van der Waals surface area (Å²) in [6.07, 6.45) is -8.52. The molecule has 15 atom stereocenters. The number of nitrogens with two attached hydrogens (primary N) is 4. The lowest BCUT2D eigenvalue weighted by molar-refractivity contribution is -0.142. The third-order valence-corrected chi connectivity index (χ3v) is 18.2. The Kier molecular flexibility index (Phi) is 42.3. The van der Waals surface area contributed by atoms with Gasteiger partial charge in [-0.3, -0.25) is 87.5 Å². The second-order valence-corrected chi connectivity index (χ2v) is 28.0. The van der Waals surface area contributed by atoms with Crippen LogP contribution in [0, 0.1) is 16.7 Å². The highest BCUT2D eigenvalue weighted by atomic mass is 16.4. The molecule has 118 heavy (non-hydrogen) atoms. The molecular weight excluding hydrogens is 1550 g/mol. The van der Waals surface area contributed by atoms with Gasteiger partial charge in [-0.1, -0.05) is 56.7 Å². The van der Waals surface area contributed by atoms with E-state index >= 15 is 0 Å². The van der Waals surface area contributed by atoms with E-state index in [1.165, 1.54) is 79.7 Å². The first kappa shape index (κ1) is 99.2. The molecular formula is C74H110N20O24. The van der Waals surface area contributed by atoms with Crippen LogP contribution in [0.25, 0.3) is 0 Å². The number of aliphatic hydroxyl groups is 2. The number of aromatic hydroxyl groups is 3. The molecule has 3 aromatic rings. The fourth-order valence-electron chi connectivity index (χ4n) is 11.6. The fourth-order valence-corrected chi connectivity index (χ4v) is 11.6. The quantitative estimate of drug-likeness (QED) is 0.0142. The molecule has 650 valence electrons. The lowest BCUT2D eigenvalue weighted by Gasteiger charge is -2.30. The van der Waals surface area contributed by atoms with E-state index in [2.05, 4.69) is 74.4 Å². The molecule has 0 spiro atoms. The van der Waals surface area contributed by atoms with Gasteiger partial charge in [-0.15, -0.1) is 0 Å². The van der Waals surface area contributed by atoms with E-state index in [-0.39, 0.29) is 86.5 Å². The largest absolute Gasteiger partial charge is 0.508 e. The molecule has 44 nitrogen and oxygen atoms in total. The molecule has 0 saturated heterocycles. The van der Waals surface area contributed by atoms with E-state index in [1.807, 2.05) is 0 Å². The molecule has 0 aliphatic rings. The number of guanidine groups is 2. The molecule has 0 unspecified atom stereocenters. The average molecular weight is 1660 g/mol. The first-order valence-corrected chi connectivity index (χ1v) is 37.6. The van der Waals surface area contributed by atoms with Gasteiger partial charge in [0.1, 0.15) is 89.8 Å². The molecule has 3 rings (SSSR count). The standard InChI is InChI=1S/C74H110N20O24/c1-6-36(2)58(93-69(115)54(35-57(105)106)90-63(109)48(13-10-30-82-74(79)80)87-71(117)59(37(3)95)83-39(5)97)70(116)91-52(33-42-18-24-45(100)25-19-42)66(112)86-49(26-27-55(101)102)64(110)94-60(38(4)96)72(118)92-53(34-56(103)104)68(114)89-51(32-41-16-22-44(99)23-17-41)67(113)88-50(31-40-14-20-43(98)21-15-40)65(111)85-47(12-9-29-81-73(77)78)62(108)84-46(61(76)107)11-7-8-28-75/h14-25,36-38,46-54,58-60,95-96,98-100H,6-13,26-35,75H2,1-5H3,(H2,76,107)(H,83,97)(H,84,108)(H,85,111)(H,86,112)(H,87,117)(H,88,113)(H,89,114)(H,90,109)(H,91,116)(H,92,118)(H,93,115)(H,94,110)(H,101,102)(H,103,104)(H,105,106)(H4,77,78,81)(H4,79,80,82)/t36-,37+,38+,46-,47-,48-,49-,50-,51-,52-,53-,54-,58-,59-,60-/m0/s1. The molecule has 0 saturated carbocycles. The van der Waals surface area contributed by atoms with Gasteiger partial charge in [-0.25, -0.2) is 0 Å². The summed E-state index contributed by atoms with van der Waals surface area (Å²) in [7, 11) is 0. The van der Waals surface area contributed by atoms with E-state index in [1.54, 1.807) is 6.92 Å². The number of carbonyl (C=O) groups is 16. The van der Waals surface area contributed by atoms with Crippen molar-refractivity contribution in [2.75, 3.05) is 19.6 Å². The van der Waals surface area contributed by atoms with Crippen molar-refractivity contribution in [1.82, 2.24) is 74.4 Å². The maximum Gasteiger partial charge on any atom is 0.305 e. The number of carbonyl (C=O) groups excluding carboxylic acids is 13. The Morgan fingerprint density at radius 3 is 1.00 bits per heavy atom. The Labute approximate surface area is 677 Å². The number of hydrogen-bond donors (Lipinski definition) is 28. The van der Waals surface area contributed by atoms with Gasteiger partial charge >= 0.3 is 17.9 Å². The summed E-state index contributed by atoms with van der Waals surface area (Å²) in [5, 5.41) is 130. The Morgan fingerprint density at radius 2 is 0.653 bits per heavy atom. The summed E-state index contributed by atoms with van der Waals surface area (Å²) in [6, 6.07) is -6.20. The summed E-state index contributed by atoms with van der Waals surface area (Å²) >= 11 is 0. The summed E-state index contributed by atoms with van der Waals surface area (Å²) in [5.74, 6) is -22.6. The zero-order valence-electron chi connectivity index (χ0n) is 65.7. The van der Waals surface area contributed by atoms with Gasteiger partial charge < -0.3 is 138 Å². The van der Waals surface area contributed by atoms with Crippen LogP contribution in [0.15, 0.2) is 72.8 Å². The van der Waals surface area contributed by atoms with Crippen molar-refractivity contribution < 1.29 is 118 Å². The maximum atomic E-state index is 14.9.